The molecule has 140 valence electrons. The lowest BCUT2D eigenvalue weighted by atomic mass is 9.93. The van der Waals surface area contributed by atoms with Gasteiger partial charge in [0.15, 0.2) is 5.96 Å². The van der Waals surface area contributed by atoms with Gasteiger partial charge in [-0.3, -0.25) is 9.79 Å². The third-order valence-electron chi connectivity index (χ3n) is 4.46. The second-order valence-corrected chi connectivity index (χ2v) is 7.09. The van der Waals surface area contributed by atoms with E-state index in [4.69, 9.17) is 0 Å². The lowest BCUT2D eigenvalue weighted by Gasteiger charge is -2.23. The lowest BCUT2D eigenvalue weighted by molar-refractivity contribution is -0.128. The summed E-state index contributed by atoms with van der Waals surface area (Å²) in [5.74, 6) is 0.698. The first-order valence-electron chi connectivity index (χ1n) is 9.13. The Bertz CT molecular complexity index is 777. The molecule has 0 aliphatic rings. The second-order valence-electron chi connectivity index (χ2n) is 7.09. The molecular weight excluding hydrogens is 324 g/mol. The van der Waals surface area contributed by atoms with E-state index < -0.39 is 5.41 Å². The molecule has 2 aromatic carbocycles. The zero-order valence-corrected chi connectivity index (χ0v) is 16.4. The zero-order valence-electron chi connectivity index (χ0n) is 16.4. The molecule has 2 rings (SSSR count). The number of fused-ring (bicyclic) bond motifs is 1. The minimum absolute atomic E-state index is 0.0146. The van der Waals surface area contributed by atoms with Crippen molar-refractivity contribution < 1.29 is 4.79 Å². The summed E-state index contributed by atoms with van der Waals surface area (Å²) in [6.45, 7) is 9.11. The van der Waals surface area contributed by atoms with Gasteiger partial charge in [-0.15, -0.1) is 0 Å². The molecule has 0 aromatic heterocycles. The molecule has 0 saturated carbocycles. The Morgan fingerprint density at radius 1 is 1.15 bits per heavy atom. The largest absolute Gasteiger partial charge is 0.359 e. The van der Waals surface area contributed by atoms with E-state index in [1.54, 1.807) is 7.05 Å². The van der Waals surface area contributed by atoms with Gasteiger partial charge in [-0.05, 0) is 44.0 Å². The molecule has 3 N–H and O–H groups in total. The van der Waals surface area contributed by atoms with Crippen molar-refractivity contribution in [3.8, 4) is 0 Å². The first kappa shape index (κ1) is 19.8. The molecule has 0 spiro atoms. The van der Waals surface area contributed by atoms with Crippen LogP contribution in [0.3, 0.4) is 0 Å². The molecule has 26 heavy (non-hydrogen) atoms. The van der Waals surface area contributed by atoms with Gasteiger partial charge in [-0.1, -0.05) is 42.5 Å². The molecule has 0 saturated heterocycles. The summed E-state index contributed by atoms with van der Waals surface area (Å²) in [6, 6.07) is 14.8. The summed E-state index contributed by atoms with van der Waals surface area (Å²) >= 11 is 0. The zero-order chi connectivity index (χ0) is 19.2. The Kier molecular flexibility index (Phi) is 6.61. The minimum Gasteiger partial charge on any atom is -0.359 e. The second kappa shape index (κ2) is 8.70. The lowest BCUT2D eigenvalue weighted by Crippen LogP contribution is -2.41. The molecule has 0 fully saturated rings. The predicted molar refractivity (Wildman–Crippen MR) is 109 cm³/mol. The van der Waals surface area contributed by atoms with E-state index in [2.05, 4.69) is 70.3 Å². The van der Waals surface area contributed by atoms with Crippen LogP contribution in [-0.4, -0.2) is 32.0 Å². The minimum atomic E-state index is -0.556. The van der Waals surface area contributed by atoms with Crippen molar-refractivity contribution in [1.82, 2.24) is 16.0 Å². The van der Waals surface area contributed by atoms with Crippen molar-refractivity contribution in [2.24, 2.45) is 10.4 Å². The van der Waals surface area contributed by atoms with Crippen molar-refractivity contribution in [3.63, 3.8) is 0 Å². The van der Waals surface area contributed by atoms with Gasteiger partial charge in [-0.2, -0.15) is 0 Å². The van der Waals surface area contributed by atoms with Gasteiger partial charge < -0.3 is 16.0 Å². The topological polar surface area (TPSA) is 65.5 Å². The molecule has 1 atom stereocenters. The van der Waals surface area contributed by atoms with Crippen LogP contribution in [-0.2, 0) is 4.79 Å². The molecule has 0 aliphatic heterocycles. The number of guanidine groups is 1. The van der Waals surface area contributed by atoms with Crippen molar-refractivity contribution in [2.75, 3.05) is 20.1 Å². The number of nitrogens with one attached hydrogen (secondary N) is 3. The SMILES string of the molecule is CCNC(=NCC(C)(C)C(=O)NC)NC(C)c1cccc2ccccc12. The van der Waals surface area contributed by atoms with Crippen molar-refractivity contribution >= 4 is 22.6 Å². The molecule has 0 bridgehead atoms. The van der Waals surface area contributed by atoms with E-state index in [1.807, 2.05) is 20.8 Å². The molecule has 5 heteroatoms. The fourth-order valence-electron chi connectivity index (χ4n) is 2.92. The average molecular weight is 354 g/mol. The van der Waals surface area contributed by atoms with Crippen LogP contribution in [0.4, 0.5) is 0 Å². The third kappa shape index (κ3) is 4.75. The molecule has 0 heterocycles. The maximum Gasteiger partial charge on any atom is 0.227 e. The fraction of sp³-hybridized carbons (Fsp3) is 0.429. The smallest absolute Gasteiger partial charge is 0.227 e. The number of hydrogen-bond acceptors (Lipinski definition) is 2. The summed E-state index contributed by atoms with van der Waals surface area (Å²) in [6.07, 6.45) is 0. The predicted octanol–water partition coefficient (Wildman–Crippen LogP) is 3.23. The van der Waals surface area contributed by atoms with E-state index in [0.29, 0.717) is 12.5 Å². The molecule has 5 nitrogen and oxygen atoms in total. The van der Waals surface area contributed by atoms with E-state index >= 15 is 0 Å². The summed E-state index contributed by atoms with van der Waals surface area (Å²) < 4.78 is 0. The first-order valence-corrected chi connectivity index (χ1v) is 9.13. The van der Waals surface area contributed by atoms with Gasteiger partial charge in [-0.25, -0.2) is 0 Å². The highest BCUT2D eigenvalue weighted by atomic mass is 16.2. The number of benzene rings is 2. The van der Waals surface area contributed by atoms with Crippen LogP contribution in [0.25, 0.3) is 10.8 Å². The quantitative estimate of drug-likeness (QED) is 0.551. The number of aliphatic imine (C=N–C) groups is 1. The average Bonchev–Trinajstić information content (AvgIpc) is 2.65. The van der Waals surface area contributed by atoms with E-state index in [1.165, 1.54) is 16.3 Å². The van der Waals surface area contributed by atoms with Crippen LogP contribution in [0, 0.1) is 5.41 Å². The van der Waals surface area contributed by atoms with Crippen molar-refractivity contribution in [2.45, 2.75) is 33.7 Å². The summed E-state index contributed by atoms with van der Waals surface area (Å²) in [7, 11) is 1.65. The normalized spacial score (nSPS) is 13.3. The number of hydrogen-bond donors (Lipinski definition) is 3. The molecule has 2 aromatic rings. The number of nitrogens with zero attached hydrogens (tertiary/aromatic N) is 1. The highest BCUT2D eigenvalue weighted by Crippen LogP contribution is 2.24. The van der Waals surface area contributed by atoms with Gasteiger partial charge in [0.1, 0.15) is 0 Å². The summed E-state index contributed by atoms with van der Waals surface area (Å²) in [5.41, 5.74) is 0.666. The van der Waals surface area contributed by atoms with Crippen LogP contribution in [0.2, 0.25) is 0 Å². The highest BCUT2D eigenvalue weighted by molar-refractivity contribution is 5.87. The van der Waals surface area contributed by atoms with E-state index in [-0.39, 0.29) is 11.9 Å². The third-order valence-corrected chi connectivity index (χ3v) is 4.46. The van der Waals surface area contributed by atoms with Gasteiger partial charge in [0.25, 0.3) is 0 Å². The van der Waals surface area contributed by atoms with Gasteiger partial charge in [0.2, 0.25) is 5.91 Å². The molecule has 1 unspecified atom stereocenters. The summed E-state index contributed by atoms with van der Waals surface area (Å²) in [5, 5.41) is 11.9. The highest BCUT2D eigenvalue weighted by Gasteiger charge is 2.26. The van der Waals surface area contributed by atoms with E-state index in [9.17, 15) is 4.79 Å². The Morgan fingerprint density at radius 2 is 1.85 bits per heavy atom. The molecule has 1 amide bonds. The molecule has 0 radical (unpaired) electrons. The van der Waals surface area contributed by atoms with Crippen LogP contribution >= 0.6 is 0 Å². The Labute approximate surface area is 156 Å². The van der Waals surface area contributed by atoms with E-state index in [0.717, 1.165) is 6.54 Å². The maximum absolute atomic E-state index is 12.0. The van der Waals surface area contributed by atoms with Crippen LogP contribution in [0.1, 0.15) is 39.3 Å². The number of rotatable bonds is 6. The van der Waals surface area contributed by atoms with Gasteiger partial charge in [0, 0.05) is 13.6 Å². The molecular formula is C21H30N4O. The number of amides is 1. The first-order chi connectivity index (χ1) is 12.4. The monoisotopic (exact) mass is 354 g/mol. The van der Waals surface area contributed by atoms with Gasteiger partial charge in [0.05, 0.1) is 18.0 Å². The Morgan fingerprint density at radius 3 is 2.54 bits per heavy atom. The molecule has 0 aliphatic carbocycles. The fourth-order valence-corrected chi connectivity index (χ4v) is 2.92. The van der Waals surface area contributed by atoms with Crippen LogP contribution < -0.4 is 16.0 Å². The number of carbonyl (C=O) groups is 1. The summed E-state index contributed by atoms with van der Waals surface area (Å²) in [4.78, 5) is 16.6. The Hall–Kier alpha value is -2.56. The van der Waals surface area contributed by atoms with Crippen molar-refractivity contribution in [1.29, 1.82) is 0 Å². The number of carbonyl (C=O) groups excluding carboxylic acids is 1. The maximum atomic E-state index is 12.0. The van der Waals surface area contributed by atoms with Crippen LogP contribution in [0.5, 0.6) is 0 Å². The van der Waals surface area contributed by atoms with Crippen LogP contribution in [0.15, 0.2) is 47.5 Å². The standard InChI is InChI=1S/C21H30N4O/c1-6-23-20(24-14-21(3,4)19(26)22-5)25-15(2)17-13-9-11-16-10-7-8-12-18(16)17/h7-13,15H,6,14H2,1-5H3,(H,22,26)(H2,23,24,25). The van der Waals surface area contributed by atoms with Crippen molar-refractivity contribution in [3.05, 3.63) is 48.0 Å². The van der Waals surface area contributed by atoms with Gasteiger partial charge >= 0.3 is 0 Å². The Balaban J connectivity index is 2.20.